The van der Waals surface area contributed by atoms with Crippen LogP contribution in [-0.2, 0) is 11.0 Å². The Hall–Kier alpha value is -2.32. The highest BCUT2D eigenvalue weighted by atomic mass is 35.5. The van der Waals surface area contributed by atoms with Gasteiger partial charge in [-0.1, -0.05) is 23.2 Å². The second kappa shape index (κ2) is 8.58. The van der Waals surface area contributed by atoms with Crippen LogP contribution in [0.3, 0.4) is 0 Å². The Morgan fingerprint density at radius 2 is 1.70 bits per heavy atom. The van der Waals surface area contributed by atoms with Gasteiger partial charge in [-0.15, -0.1) is 0 Å². The predicted molar refractivity (Wildman–Crippen MR) is 98.1 cm³/mol. The molecule has 27 heavy (non-hydrogen) atoms. The zero-order chi connectivity index (χ0) is 20.2. The normalized spacial score (nSPS) is 11.1. The molecule has 0 bridgehead atoms. The third-order valence-electron chi connectivity index (χ3n) is 3.47. The number of alkyl halides is 3. The zero-order valence-corrected chi connectivity index (χ0v) is 15.7. The first-order valence-corrected chi connectivity index (χ1v) is 8.23. The van der Waals surface area contributed by atoms with E-state index in [0.29, 0.717) is 17.2 Å². The molecule has 0 aromatic heterocycles. The van der Waals surface area contributed by atoms with Gasteiger partial charge >= 0.3 is 6.18 Å². The predicted octanol–water partition coefficient (Wildman–Crippen LogP) is 5.08. The van der Waals surface area contributed by atoms with Crippen LogP contribution in [0.1, 0.15) is 5.56 Å². The van der Waals surface area contributed by atoms with Gasteiger partial charge in [0, 0.05) is 11.8 Å². The standard InChI is InChI=1S/C17H15Cl2F3N2O3/c1-26-14-7-15(27-2)13(6-12(14)19)24-16(25)8-23-9-3-4-11(18)10(5-9)17(20,21)22/h3-7,23H,8H2,1-2H3,(H,24,25). The summed E-state index contributed by atoms with van der Waals surface area (Å²) in [5.74, 6) is 0.166. The number of hydrogen-bond acceptors (Lipinski definition) is 4. The van der Waals surface area contributed by atoms with Crippen LogP contribution in [-0.4, -0.2) is 26.7 Å². The Kier molecular flexibility index (Phi) is 6.67. The lowest BCUT2D eigenvalue weighted by Gasteiger charge is -2.14. The number of ether oxygens (including phenoxy) is 2. The Balaban J connectivity index is 2.08. The molecule has 2 aromatic carbocycles. The summed E-state index contributed by atoms with van der Waals surface area (Å²) in [6.45, 7) is -0.286. The summed E-state index contributed by atoms with van der Waals surface area (Å²) < 4.78 is 48.8. The number of carbonyl (C=O) groups excluding carboxylic acids is 1. The SMILES string of the molecule is COc1cc(OC)c(NC(=O)CNc2ccc(Cl)c(C(F)(F)F)c2)cc1Cl. The minimum atomic E-state index is -4.59. The maximum atomic E-state index is 12.9. The summed E-state index contributed by atoms with van der Waals surface area (Å²) in [4.78, 5) is 12.1. The average Bonchev–Trinajstić information content (AvgIpc) is 2.60. The molecule has 1 amide bonds. The van der Waals surface area contributed by atoms with Crippen molar-refractivity contribution in [1.29, 1.82) is 0 Å². The van der Waals surface area contributed by atoms with Crippen LogP contribution in [0.5, 0.6) is 11.5 Å². The van der Waals surface area contributed by atoms with E-state index in [0.717, 1.165) is 12.1 Å². The highest BCUT2D eigenvalue weighted by Crippen LogP contribution is 2.37. The van der Waals surface area contributed by atoms with Crippen LogP contribution in [0.2, 0.25) is 10.0 Å². The molecule has 146 valence electrons. The third kappa shape index (κ3) is 5.33. The van der Waals surface area contributed by atoms with Gasteiger partial charge in [0.1, 0.15) is 11.5 Å². The van der Waals surface area contributed by atoms with Crippen molar-refractivity contribution in [2.45, 2.75) is 6.18 Å². The van der Waals surface area contributed by atoms with E-state index in [-0.39, 0.29) is 17.3 Å². The zero-order valence-electron chi connectivity index (χ0n) is 14.2. The van der Waals surface area contributed by atoms with Gasteiger partial charge in [0.25, 0.3) is 0 Å². The fraction of sp³-hybridized carbons (Fsp3) is 0.235. The highest BCUT2D eigenvalue weighted by molar-refractivity contribution is 6.32. The minimum Gasteiger partial charge on any atom is -0.495 e. The summed E-state index contributed by atoms with van der Waals surface area (Å²) in [5.41, 5.74) is -0.595. The molecule has 0 aliphatic carbocycles. The van der Waals surface area contributed by atoms with Gasteiger partial charge in [0.2, 0.25) is 5.91 Å². The van der Waals surface area contributed by atoms with E-state index >= 15 is 0 Å². The molecule has 0 atom stereocenters. The lowest BCUT2D eigenvalue weighted by atomic mass is 10.2. The molecule has 0 heterocycles. The molecule has 0 aliphatic rings. The fourth-order valence-electron chi connectivity index (χ4n) is 2.19. The van der Waals surface area contributed by atoms with Crippen LogP contribution < -0.4 is 20.1 Å². The maximum absolute atomic E-state index is 12.9. The van der Waals surface area contributed by atoms with Crippen LogP contribution in [0.15, 0.2) is 30.3 Å². The van der Waals surface area contributed by atoms with Gasteiger partial charge in [-0.2, -0.15) is 13.2 Å². The number of rotatable bonds is 6. The van der Waals surface area contributed by atoms with Crippen molar-refractivity contribution in [3.63, 3.8) is 0 Å². The van der Waals surface area contributed by atoms with Gasteiger partial charge in [0.15, 0.2) is 0 Å². The topological polar surface area (TPSA) is 59.6 Å². The Morgan fingerprint density at radius 1 is 1.04 bits per heavy atom. The molecular formula is C17H15Cl2F3N2O3. The molecule has 5 nitrogen and oxygen atoms in total. The molecule has 0 spiro atoms. The van der Waals surface area contributed by atoms with E-state index < -0.39 is 22.7 Å². The van der Waals surface area contributed by atoms with Gasteiger partial charge in [-0.3, -0.25) is 4.79 Å². The third-order valence-corrected chi connectivity index (χ3v) is 4.10. The number of benzene rings is 2. The number of methoxy groups -OCH3 is 2. The monoisotopic (exact) mass is 422 g/mol. The number of anilines is 2. The molecule has 0 saturated heterocycles. The van der Waals surface area contributed by atoms with Gasteiger partial charge < -0.3 is 20.1 Å². The number of nitrogens with one attached hydrogen (secondary N) is 2. The summed E-state index contributed by atoms with van der Waals surface area (Å²) in [5, 5.41) is 5.01. The number of carbonyl (C=O) groups is 1. The first-order valence-electron chi connectivity index (χ1n) is 7.47. The van der Waals surface area contributed by atoms with E-state index in [9.17, 15) is 18.0 Å². The van der Waals surface area contributed by atoms with E-state index in [4.69, 9.17) is 32.7 Å². The summed E-state index contributed by atoms with van der Waals surface area (Å²) in [7, 11) is 2.84. The molecule has 0 saturated carbocycles. The second-order valence-corrected chi connectivity index (χ2v) is 6.10. The lowest BCUT2D eigenvalue weighted by molar-refractivity contribution is -0.137. The number of halogens is 5. The van der Waals surface area contributed by atoms with E-state index in [2.05, 4.69) is 10.6 Å². The molecule has 2 N–H and O–H groups in total. The van der Waals surface area contributed by atoms with Crippen LogP contribution >= 0.6 is 23.2 Å². The van der Waals surface area contributed by atoms with Gasteiger partial charge in [-0.25, -0.2) is 0 Å². The quantitative estimate of drug-likeness (QED) is 0.681. The van der Waals surface area contributed by atoms with Crippen molar-refractivity contribution in [1.82, 2.24) is 0 Å². The summed E-state index contributed by atoms with van der Waals surface area (Å²) in [6.07, 6.45) is -4.59. The van der Waals surface area contributed by atoms with Crippen molar-refractivity contribution < 1.29 is 27.4 Å². The smallest absolute Gasteiger partial charge is 0.417 e. The van der Waals surface area contributed by atoms with Gasteiger partial charge in [0.05, 0.1) is 42.1 Å². The average molecular weight is 423 g/mol. The molecular weight excluding hydrogens is 408 g/mol. The Labute approximate surface area is 163 Å². The Bertz CT molecular complexity index is 845. The van der Waals surface area contributed by atoms with Crippen molar-refractivity contribution in [2.24, 2.45) is 0 Å². The first-order chi connectivity index (χ1) is 12.7. The van der Waals surface area contributed by atoms with E-state index in [1.54, 1.807) is 0 Å². The Morgan fingerprint density at radius 3 is 2.30 bits per heavy atom. The minimum absolute atomic E-state index is 0.0987. The van der Waals surface area contributed by atoms with Crippen LogP contribution in [0.25, 0.3) is 0 Å². The maximum Gasteiger partial charge on any atom is 0.417 e. The van der Waals surface area contributed by atoms with Crippen molar-refractivity contribution in [3.8, 4) is 11.5 Å². The van der Waals surface area contributed by atoms with Crippen molar-refractivity contribution in [3.05, 3.63) is 45.9 Å². The van der Waals surface area contributed by atoms with Crippen molar-refractivity contribution in [2.75, 3.05) is 31.4 Å². The molecule has 2 aromatic rings. The number of hydrogen-bond donors (Lipinski definition) is 2. The van der Waals surface area contributed by atoms with Gasteiger partial charge in [-0.05, 0) is 24.3 Å². The molecule has 0 fully saturated rings. The van der Waals surface area contributed by atoms with E-state index in [1.165, 1.54) is 32.4 Å². The molecule has 2 rings (SSSR count). The largest absolute Gasteiger partial charge is 0.495 e. The van der Waals surface area contributed by atoms with E-state index in [1.807, 2.05) is 0 Å². The second-order valence-electron chi connectivity index (χ2n) is 5.28. The molecule has 0 radical (unpaired) electrons. The molecule has 0 aliphatic heterocycles. The fourth-order valence-corrected chi connectivity index (χ4v) is 2.65. The lowest BCUT2D eigenvalue weighted by Crippen LogP contribution is -2.22. The molecule has 10 heteroatoms. The summed E-state index contributed by atoms with van der Waals surface area (Å²) >= 11 is 11.6. The number of amides is 1. The highest BCUT2D eigenvalue weighted by Gasteiger charge is 2.33. The van der Waals surface area contributed by atoms with Crippen molar-refractivity contribution >= 4 is 40.5 Å². The first kappa shape index (κ1) is 21.0. The van der Waals surface area contributed by atoms with Crippen LogP contribution in [0, 0.1) is 0 Å². The molecule has 0 unspecified atom stereocenters. The van der Waals surface area contributed by atoms with Crippen LogP contribution in [0.4, 0.5) is 24.5 Å². The summed E-state index contributed by atoms with van der Waals surface area (Å²) in [6, 6.07) is 6.23.